The molecule has 1 aromatic rings. The van der Waals surface area contributed by atoms with Crippen LogP contribution < -0.4 is 0 Å². The van der Waals surface area contributed by atoms with E-state index >= 15 is 0 Å². The first-order valence-corrected chi connectivity index (χ1v) is 5.34. The standard InChI is InChI=1S/C9H13N3OS/c1-9(2,3)14(13)12-7-8-10-5-4-6-11-8/h4-7H,1-3H3. The lowest BCUT2D eigenvalue weighted by Crippen LogP contribution is -2.19. The first-order valence-electron chi connectivity index (χ1n) is 4.23. The molecule has 0 bridgehead atoms. The normalized spacial score (nSPS) is 14.5. The highest BCUT2D eigenvalue weighted by Gasteiger charge is 2.18. The maximum atomic E-state index is 11.5. The second-order valence-corrected chi connectivity index (χ2v) is 5.64. The van der Waals surface area contributed by atoms with Crippen LogP contribution in [-0.2, 0) is 11.0 Å². The summed E-state index contributed by atoms with van der Waals surface area (Å²) in [5.41, 5.74) is 0. The van der Waals surface area contributed by atoms with Crippen molar-refractivity contribution in [1.82, 2.24) is 9.97 Å². The topological polar surface area (TPSA) is 55.2 Å². The molecule has 0 aliphatic rings. The zero-order valence-corrected chi connectivity index (χ0v) is 9.28. The molecule has 1 heterocycles. The first kappa shape index (κ1) is 11.0. The van der Waals surface area contributed by atoms with Crippen LogP contribution in [0.3, 0.4) is 0 Å². The fourth-order valence-electron chi connectivity index (χ4n) is 0.630. The molecule has 0 N–H and O–H groups in total. The maximum Gasteiger partial charge on any atom is 0.171 e. The van der Waals surface area contributed by atoms with Gasteiger partial charge in [0.1, 0.15) is 11.0 Å². The number of hydrogen-bond acceptors (Lipinski definition) is 3. The predicted molar refractivity (Wildman–Crippen MR) is 57.5 cm³/mol. The molecule has 1 aromatic heterocycles. The monoisotopic (exact) mass is 211 g/mol. The molecule has 0 fully saturated rings. The fourth-order valence-corrected chi connectivity index (χ4v) is 1.14. The van der Waals surface area contributed by atoms with Gasteiger partial charge < -0.3 is 0 Å². The molecule has 14 heavy (non-hydrogen) atoms. The zero-order chi connectivity index (χ0) is 10.6. The lowest BCUT2D eigenvalue weighted by molar-refractivity contribution is 0.651. The minimum atomic E-state index is -1.25. The summed E-state index contributed by atoms with van der Waals surface area (Å²) in [4.78, 5) is 7.88. The third kappa shape index (κ3) is 3.33. The van der Waals surface area contributed by atoms with E-state index in [1.807, 2.05) is 20.8 Å². The summed E-state index contributed by atoms with van der Waals surface area (Å²) in [5.74, 6) is 0.477. The summed E-state index contributed by atoms with van der Waals surface area (Å²) in [6, 6.07) is 1.72. The van der Waals surface area contributed by atoms with E-state index < -0.39 is 11.0 Å². The summed E-state index contributed by atoms with van der Waals surface area (Å²) in [5, 5.41) is 0. The van der Waals surface area contributed by atoms with Gasteiger partial charge in [-0.2, -0.15) is 4.40 Å². The van der Waals surface area contributed by atoms with Crippen molar-refractivity contribution in [3.63, 3.8) is 0 Å². The van der Waals surface area contributed by atoms with Gasteiger partial charge in [-0.05, 0) is 26.8 Å². The average Bonchev–Trinajstić information content (AvgIpc) is 2.14. The largest absolute Gasteiger partial charge is 0.236 e. The van der Waals surface area contributed by atoms with E-state index in [-0.39, 0.29) is 4.75 Å². The van der Waals surface area contributed by atoms with Gasteiger partial charge in [0, 0.05) is 12.4 Å². The van der Waals surface area contributed by atoms with Crippen LogP contribution in [0.2, 0.25) is 0 Å². The Balaban J connectivity index is 2.71. The van der Waals surface area contributed by atoms with Crippen LogP contribution in [0.4, 0.5) is 0 Å². The molecule has 4 nitrogen and oxygen atoms in total. The van der Waals surface area contributed by atoms with Gasteiger partial charge in [-0.3, -0.25) is 0 Å². The van der Waals surface area contributed by atoms with Crippen LogP contribution in [0.5, 0.6) is 0 Å². The van der Waals surface area contributed by atoms with E-state index in [2.05, 4.69) is 14.4 Å². The minimum Gasteiger partial charge on any atom is -0.236 e. The van der Waals surface area contributed by atoms with E-state index in [1.165, 1.54) is 6.21 Å². The number of nitrogens with zero attached hydrogens (tertiary/aromatic N) is 3. The summed E-state index contributed by atoms with van der Waals surface area (Å²) in [6.45, 7) is 5.60. The third-order valence-electron chi connectivity index (χ3n) is 1.37. The molecule has 0 aliphatic carbocycles. The molecule has 0 amide bonds. The van der Waals surface area contributed by atoms with Crippen molar-refractivity contribution < 1.29 is 4.21 Å². The van der Waals surface area contributed by atoms with Crippen molar-refractivity contribution in [3.05, 3.63) is 24.3 Å². The lowest BCUT2D eigenvalue weighted by Gasteiger charge is -2.12. The highest BCUT2D eigenvalue weighted by Crippen LogP contribution is 2.11. The van der Waals surface area contributed by atoms with E-state index in [0.29, 0.717) is 5.82 Å². The van der Waals surface area contributed by atoms with Gasteiger partial charge >= 0.3 is 0 Å². The highest BCUT2D eigenvalue weighted by atomic mass is 32.2. The molecule has 76 valence electrons. The van der Waals surface area contributed by atoms with E-state index in [4.69, 9.17) is 0 Å². The molecule has 0 aromatic carbocycles. The lowest BCUT2D eigenvalue weighted by atomic mass is 10.3. The molecule has 0 radical (unpaired) electrons. The van der Waals surface area contributed by atoms with Gasteiger partial charge in [-0.25, -0.2) is 14.2 Å². The van der Waals surface area contributed by atoms with Crippen LogP contribution in [0.15, 0.2) is 22.9 Å². The summed E-state index contributed by atoms with van der Waals surface area (Å²) < 4.78 is 15.0. The smallest absolute Gasteiger partial charge is 0.171 e. The summed E-state index contributed by atoms with van der Waals surface area (Å²) >= 11 is 0. The number of rotatable bonds is 2. The molecular weight excluding hydrogens is 198 g/mol. The van der Waals surface area contributed by atoms with Gasteiger partial charge in [-0.1, -0.05) is 0 Å². The van der Waals surface area contributed by atoms with E-state index in [0.717, 1.165) is 0 Å². The second-order valence-electron chi connectivity index (χ2n) is 3.70. The third-order valence-corrected chi connectivity index (χ3v) is 2.72. The zero-order valence-electron chi connectivity index (χ0n) is 8.47. The molecule has 5 heteroatoms. The molecule has 1 atom stereocenters. The molecule has 0 aliphatic heterocycles. The van der Waals surface area contributed by atoms with Crippen molar-refractivity contribution in [1.29, 1.82) is 0 Å². The van der Waals surface area contributed by atoms with Crippen LogP contribution in [0.1, 0.15) is 26.6 Å². The second kappa shape index (κ2) is 4.41. The average molecular weight is 211 g/mol. The van der Waals surface area contributed by atoms with Crippen molar-refractivity contribution in [2.75, 3.05) is 0 Å². The molecular formula is C9H13N3OS. The van der Waals surface area contributed by atoms with Gasteiger partial charge in [0.2, 0.25) is 0 Å². The number of hydrogen-bond donors (Lipinski definition) is 0. The van der Waals surface area contributed by atoms with E-state index in [9.17, 15) is 4.21 Å². The Labute approximate surface area is 86.1 Å². The van der Waals surface area contributed by atoms with Crippen LogP contribution in [-0.4, -0.2) is 25.1 Å². The van der Waals surface area contributed by atoms with Crippen molar-refractivity contribution in [2.24, 2.45) is 4.40 Å². The van der Waals surface area contributed by atoms with Crippen LogP contribution in [0, 0.1) is 0 Å². The Bertz CT molecular complexity index is 343. The maximum absolute atomic E-state index is 11.5. The Morgan fingerprint density at radius 3 is 2.43 bits per heavy atom. The summed E-state index contributed by atoms with van der Waals surface area (Å²) in [7, 11) is -1.25. The van der Waals surface area contributed by atoms with E-state index in [1.54, 1.807) is 18.5 Å². The SMILES string of the molecule is CC(C)(C)S(=O)N=Cc1ncccn1. The molecule has 1 rings (SSSR count). The van der Waals surface area contributed by atoms with Gasteiger partial charge in [0.25, 0.3) is 0 Å². The van der Waals surface area contributed by atoms with Crippen molar-refractivity contribution >= 4 is 17.2 Å². The fraction of sp³-hybridized carbons (Fsp3) is 0.444. The molecule has 1 unspecified atom stereocenters. The van der Waals surface area contributed by atoms with Crippen molar-refractivity contribution in [3.8, 4) is 0 Å². The minimum absolute atomic E-state index is 0.342. The Morgan fingerprint density at radius 2 is 1.93 bits per heavy atom. The Kier molecular flexibility index (Phi) is 3.46. The van der Waals surface area contributed by atoms with Crippen LogP contribution in [0.25, 0.3) is 0 Å². The van der Waals surface area contributed by atoms with Gasteiger partial charge in [-0.15, -0.1) is 0 Å². The van der Waals surface area contributed by atoms with Crippen molar-refractivity contribution in [2.45, 2.75) is 25.5 Å². The molecule has 0 spiro atoms. The summed E-state index contributed by atoms with van der Waals surface area (Å²) in [6.07, 6.45) is 4.67. The molecule has 0 saturated heterocycles. The van der Waals surface area contributed by atoms with Crippen LogP contribution >= 0.6 is 0 Å². The quantitative estimate of drug-likeness (QED) is 0.694. The van der Waals surface area contributed by atoms with Gasteiger partial charge in [0.15, 0.2) is 5.82 Å². The Hall–Kier alpha value is -1.10. The Morgan fingerprint density at radius 1 is 1.36 bits per heavy atom. The predicted octanol–water partition coefficient (Wildman–Crippen LogP) is 1.36. The molecule has 0 saturated carbocycles. The van der Waals surface area contributed by atoms with Gasteiger partial charge in [0.05, 0.1) is 11.0 Å². The first-order chi connectivity index (χ1) is 6.50. The number of aromatic nitrogens is 2. The highest BCUT2D eigenvalue weighted by molar-refractivity contribution is 7.85.